The van der Waals surface area contributed by atoms with Crippen LogP contribution in [0.3, 0.4) is 0 Å². The van der Waals surface area contributed by atoms with E-state index in [0.29, 0.717) is 18.9 Å². The van der Waals surface area contributed by atoms with Crippen molar-refractivity contribution in [3.8, 4) is 11.5 Å². The Morgan fingerprint density at radius 3 is 2.55 bits per heavy atom. The van der Waals surface area contributed by atoms with Gasteiger partial charge in [-0.1, -0.05) is 12.1 Å². The monoisotopic (exact) mass is 275 g/mol. The summed E-state index contributed by atoms with van der Waals surface area (Å²) in [5.74, 6) is 1.17. The van der Waals surface area contributed by atoms with Gasteiger partial charge in [-0.2, -0.15) is 0 Å². The zero-order chi connectivity index (χ0) is 14.5. The van der Waals surface area contributed by atoms with Gasteiger partial charge in [0.2, 0.25) is 0 Å². The topological polar surface area (TPSA) is 44.5 Å². The van der Waals surface area contributed by atoms with Crippen LogP contribution in [-0.2, 0) is 13.2 Å². The van der Waals surface area contributed by atoms with Crippen molar-refractivity contribution in [2.75, 3.05) is 7.11 Å². The van der Waals surface area contributed by atoms with E-state index in [1.807, 2.05) is 25.1 Å². The fourth-order valence-electron chi connectivity index (χ4n) is 1.98. The van der Waals surface area contributed by atoms with Gasteiger partial charge in [-0.3, -0.25) is 0 Å². The summed E-state index contributed by atoms with van der Waals surface area (Å²) < 4.78 is 24.0. The number of halogens is 1. The normalized spacial score (nSPS) is 10.4. The Bertz CT molecular complexity index is 599. The highest BCUT2D eigenvalue weighted by molar-refractivity contribution is 5.38. The lowest BCUT2D eigenvalue weighted by molar-refractivity contribution is 0.302. The van der Waals surface area contributed by atoms with Crippen LogP contribution < -0.4 is 15.2 Å². The molecular formula is C16H18FNO2. The first-order valence-electron chi connectivity index (χ1n) is 6.39. The molecule has 0 amide bonds. The van der Waals surface area contributed by atoms with Gasteiger partial charge in [0.1, 0.15) is 23.9 Å². The minimum absolute atomic E-state index is 0.260. The molecule has 0 radical (unpaired) electrons. The van der Waals surface area contributed by atoms with Crippen molar-refractivity contribution >= 4 is 0 Å². The standard InChI is InChI=1S/C16H18FNO2/c1-11-7-14(17)5-6-15(11)20-10-12-3-4-13(9-18)16(8-12)19-2/h3-8H,9-10,18H2,1-2H3. The Balaban J connectivity index is 2.10. The molecule has 0 fully saturated rings. The number of benzene rings is 2. The van der Waals surface area contributed by atoms with Crippen molar-refractivity contribution in [2.45, 2.75) is 20.1 Å². The molecule has 0 aliphatic rings. The average molecular weight is 275 g/mol. The summed E-state index contributed by atoms with van der Waals surface area (Å²) in [6, 6.07) is 10.3. The van der Waals surface area contributed by atoms with Gasteiger partial charge in [-0.15, -0.1) is 0 Å². The molecule has 2 aromatic rings. The molecule has 20 heavy (non-hydrogen) atoms. The van der Waals surface area contributed by atoms with Crippen molar-refractivity contribution in [1.29, 1.82) is 0 Å². The second-order valence-electron chi connectivity index (χ2n) is 4.55. The van der Waals surface area contributed by atoms with Crippen LogP contribution in [0.4, 0.5) is 4.39 Å². The highest BCUT2D eigenvalue weighted by atomic mass is 19.1. The van der Waals surface area contributed by atoms with Crippen LogP contribution in [0.25, 0.3) is 0 Å². The minimum Gasteiger partial charge on any atom is -0.496 e. The van der Waals surface area contributed by atoms with Crippen LogP contribution in [0, 0.1) is 12.7 Å². The van der Waals surface area contributed by atoms with Crippen LogP contribution in [-0.4, -0.2) is 7.11 Å². The van der Waals surface area contributed by atoms with Gasteiger partial charge >= 0.3 is 0 Å². The van der Waals surface area contributed by atoms with Gasteiger partial charge in [0.05, 0.1) is 7.11 Å². The molecule has 0 aromatic heterocycles. The number of rotatable bonds is 5. The largest absolute Gasteiger partial charge is 0.496 e. The average Bonchev–Trinajstić information content (AvgIpc) is 2.46. The third-order valence-corrected chi connectivity index (χ3v) is 3.10. The maximum absolute atomic E-state index is 13.0. The lowest BCUT2D eigenvalue weighted by Gasteiger charge is -2.12. The van der Waals surface area contributed by atoms with Crippen LogP contribution in [0.1, 0.15) is 16.7 Å². The summed E-state index contributed by atoms with van der Waals surface area (Å²) >= 11 is 0. The number of hydrogen-bond donors (Lipinski definition) is 1. The Morgan fingerprint density at radius 2 is 1.90 bits per heavy atom. The first-order chi connectivity index (χ1) is 9.63. The first-order valence-corrected chi connectivity index (χ1v) is 6.39. The molecule has 2 rings (SSSR count). The molecule has 0 spiro atoms. The maximum Gasteiger partial charge on any atom is 0.123 e. The van der Waals surface area contributed by atoms with E-state index in [4.69, 9.17) is 15.2 Å². The molecule has 0 saturated carbocycles. The number of hydrogen-bond acceptors (Lipinski definition) is 3. The Hall–Kier alpha value is -2.07. The molecule has 0 aliphatic heterocycles. The second kappa shape index (κ2) is 6.39. The second-order valence-corrected chi connectivity index (χ2v) is 4.55. The smallest absolute Gasteiger partial charge is 0.123 e. The molecule has 3 nitrogen and oxygen atoms in total. The van der Waals surface area contributed by atoms with Gasteiger partial charge < -0.3 is 15.2 Å². The van der Waals surface area contributed by atoms with Crippen molar-refractivity contribution < 1.29 is 13.9 Å². The van der Waals surface area contributed by atoms with Crippen LogP contribution in [0.5, 0.6) is 11.5 Å². The molecule has 2 aromatic carbocycles. The van der Waals surface area contributed by atoms with E-state index in [9.17, 15) is 4.39 Å². The first kappa shape index (κ1) is 14.3. The summed E-state index contributed by atoms with van der Waals surface area (Å²) in [4.78, 5) is 0. The Morgan fingerprint density at radius 1 is 1.10 bits per heavy atom. The number of aryl methyl sites for hydroxylation is 1. The van der Waals surface area contributed by atoms with Crippen molar-refractivity contribution in [3.05, 3.63) is 58.9 Å². The van der Waals surface area contributed by atoms with Gasteiger partial charge in [0.15, 0.2) is 0 Å². The summed E-state index contributed by atoms with van der Waals surface area (Å²) in [7, 11) is 1.61. The van der Waals surface area contributed by atoms with Crippen molar-refractivity contribution in [1.82, 2.24) is 0 Å². The lowest BCUT2D eigenvalue weighted by Crippen LogP contribution is -2.02. The zero-order valence-corrected chi connectivity index (χ0v) is 11.7. The number of nitrogens with two attached hydrogens (primary N) is 1. The predicted octanol–water partition coefficient (Wildman–Crippen LogP) is 3.18. The van der Waals surface area contributed by atoms with E-state index >= 15 is 0 Å². The van der Waals surface area contributed by atoms with E-state index in [2.05, 4.69) is 0 Å². The summed E-state index contributed by atoms with van der Waals surface area (Å²) in [6.45, 7) is 2.64. The minimum atomic E-state index is -0.260. The van der Waals surface area contributed by atoms with Crippen LogP contribution in [0.15, 0.2) is 36.4 Å². The van der Waals surface area contributed by atoms with Gasteiger partial charge in [-0.05, 0) is 42.3 Å². The number of methoxy groups -OCH3 is 1. The molecule has 0 bridgehead atoms. The SMILES string of the molecule is COc1cc(COc2ccc(F)cc2C)ccc1CN. The third kappa shape index (κ3) is 3.27. The molecular weight excluding hydrogens is 257 g/mol. The lowest BCUT2D eigenvalue weighted by atomic mass is 10.1. The zero-order valence-electron chi connectivity index (χ0n) is 11.7. The molecule has 106 valence electrons. The summed E-state index contributed by atoms with van der Waals surface area (Å²) in [5, 5.41) is 0. The molecule has 0 aliphatic carbocycles. The molecule has 0 unspecified atom stereocenters. The summed E-state index contributed by atoms with van der Waals surface area (Å²) in [5.41, 5.74) is 8.33. The van der Waals surface area contributed by atoms with Crippen molar-refractivity contribution in [3.63, 3.8) is 0 Å². The molecule has 0 atom stereocenters. The third-order valence-electron chi connectivity index (χ3n) is 3.10. The Kier molecular flexibility index (Phi) is 4.58. The maximum atomic E-state index is 13.0. The van der Waals surface area contributed by atoms with E-state index in [-0.39, 0.29) is 5.82 Å². The highest BCUT2D eigenvalue weighted by Gasteiger charge is 2.05. The predicted molar refractivity (Wildman–Crippen MR) is 76.4 cm³/mol. The molecule has 0 heterocycles. The van der Waals surface area contributed by atoms with E-state index in [1.54, 1.807) is 13.2 Å². The van der Waals surface area contributed by atoms with E-state index in [0.717, 1.165) is 22.4 Å². The quantitative estimate of drug-likeness (QED) is 0.911. The van der Waals surface area contributed by atoms with Crippen molar-refractivity contribution in [2.24, 2.45) is 5.73 Å². The van der Waals surface area contributed by atoms with Gasteiger partial charge in [0.25, 0.3) is 0 Å². The Labute approximate surface area is 118 Å². The number of ether oxygens (including phenoxy) is 2. The van der Waals surface area contributed by atoms with Gasteiger partial charge in [0, 0.05) is 12.1 Å². The molecule has 0 saturated heterocycles. The van der Waals surface area contributed by atoms with E-state index < -0.39 is 0 Å². The van der Waals surface area contributed by atoms with Crippen LogP contribution in [0.2, 0.25) is 0 Å². The van der Waals surface area contributed by atoms with Crippen LogP contribution >= 0.6 is 0 Å². The molecule has 4 heteroatoms. The molecule has 2 N–H and O–H groups in total. The van der Waals surface area contributed by atoms with E-state index in [1.165, 1.54) is 12.1 Å². The summed E-state index contributed by atoms with van der Waals surface area (Å²) in [6.07, 6.45) is 0. The fourth-order valence-corrected chi connectivity index (χ4v) is 1.98. The highest BCUT2D eigenvalue weighted by Crippen LogP contribution is 2.23. The van der Waals surface area contributed by atoms with Gasteiger partial charge in [-0.25, -0.2) is 4.39 Å². The fraction of sp³-hybridized carbons (Fsp3) is 0.250.